The van der Waals surface area contributed by atoms with Crippen LogP contribution in [0.5, 0.6) is 5.75 Å². The third kappa shape index (κ3) is 2.62. The van der Waals surface area contributed by atoms with Gasteiger partial charge in [0, 0.05) is 18.2 Å². The molecule has 1 heterocycles. The molecule has 2 atom stereocenters. The monoisotopic (exact) mass is 322 g/mol. The minimum Gasteiger partial charge on any atom is -0.496 e. The van der Waals surface area contributed by atoms with E-state index in [9.17, 15) is 0 Å². The van der Waals surface area contributed by atoms with Gasteiger partial charge in [-0.3, -0.25) is 0 Å². The van der Waals surface area contributed by atoms with Gasteiger partial charge in [0.05, 0.1) is 12.6 Å². The van der Waals surface area contributed by atoms with Crippen molar-refractivity contribution in [1.82, 2.24) is 10.6 Å². The molecule has 126 valence electrons. The van der Waals surface area contributed by atoms with Crippen molar-refractivity contribution in [3.05, 3.63) is 65.2 Å². The topological polar surface area (TPSA) is 33.3 Å². The second kappa shape index (κ2) is 6.58. The number of hydrogen-bond acceptors (Lipinski definition) is 3. The summed E-state index contributed by atoms with van der Waals surface area (Å²) < 4.78 is 5.50. The minimum absolute atomic E-state index is 0.0941. The molecule has 3 nitrogen and oxygen atoms in total. The lowest BCUT2D eigenvalue weighted by atomic mass is 9.79. The van der Waals surface area contributed by atoms with Crippen LogP contribution in [0.1, 0.15) is 36.0 Å². The van der Waals surface area contributed by atoms with Crippen LogP contribution in [0.25, 0.3) is 0 Å². The highest BCUT2D eigenvalue weighted by atomic mass is 16.5. The molecule has 3 heteroatoms. The molecule has 1 saturated heterocycles. The molecule has 0 amide bonds. The summed E-state index contributed by atoms with van der Waals surface area (Å²) in [6, 6.07) is 17.7. The third-order valence-electron chi connectivity index (χ3n) is 5.72. The zero-order chi connectivity index (χ0) is 16.4. The Labute approximate surface area is 144 Å². The molecule has 0 bridgehead atoms. The van der Waals surface area contributed by atoms with E-state index < -0.39 is 0 Å². The van der Waals surface area contributed by atoms with Crippen molar-refractivity contribution < 1.29 is 4.74 Å². The van der Waals surface area contributed by atoms with Crippen molar-refractivity contribution in [3.8, 4) is 5.75 Å². The number of rotatable bonds is 4. The molecule has 1 aliphatic carbocycles. The van der Waals surface area contributed by atoms with E-state index >= 15 is 0 Å². The Hall–Kier alpha value is -1.84. The number of fused-ring (bicyclic) bond motifs is 2. The van der Waals surface area contributed by atoms with Crippen LogP contribution in [0.3, 0.4) is 0 Å². The maximum absolute atomic E-state index is 5.50. The van der Waals surface area contributed by atoms with E-state index in [1.807, 2.05) is 12.1 Å². The molecule has 4 rings (SSSR count). The van der Waals surface area contributed by atoms with Crippen LogP contribution < -0.4 is 15.4 Å². The number of benzene rings is 2. The summed E-state index contributed by atoms with van der Waals surface area (Å²) in [5, 5.41) is 7.72. The van der Waals surface area contributed by atoms with Crippen molar-refractivity contribution in [2.75, 3.05) is 13.7 Å². The Kier molecular flexibility index (Phi) is 4.30. The summed E-state index contributed by atoms with van der Waals surface area (Å²) in [5.41, 5.74) is 4.34. The summed E-state index contributed by atoms with van der Waals surface area (Å²) in [5.74, 6) is 0.967. The molecule has 0 radical (unpaired) electrons. The first-order chi connectivity index (χ1) is 11.8. The lowest BCUT2D eigenvalue weighted by Crippen LogP contribution is -2.59. The molecule has 0 saturated carbocycles. The Bertz CT molecular complexity index is 710. The molecular weight excluding hydrogens is 296 g/mol. The number of nitrogens with one attached hydrogen (secondary N) is 2. The van der Waals surface area contributed by atoms with Gasteiger partial charge in [0.25, 0.3) is 0 Å². The summed E-state index contributed by atoms with van der Waals surface area (Å²) >= 11 is 0. The molecule has 0 aromatic heterocycles. The summed E-state index contributed by atoms with van der Waals surface area (Å²) in [6.45, 7) is 1.96. The normalized spacial score (nSPS) is 25.6. The van der Waals surface area contributed by atoms with Crippen LogP contribution in [0.2, 0.25) is 0 Å². The van der Waals surface area contributed by atoms with Gasteiger partial charge in [-0.05, 0) is 49.4 Å². The minimum atomic E-state index is 0.0941. The fraction of sp³-hybridized carbons (Fsp3) is 0.429. The van der Waals surface area contributed by atoms with Crippen molar-refractivity contribution in [2.24, 2.45) is 0 Å². The average molecular weight is 322 g/mol. The summed E-state index contributed by atoms with van der Waals surface area (Å²) in [7, 11) is 1.75. The molecule has 1 spiro atoms. The van der Waals surface area contributed by atoms with Crippen LogP contribution in [-0.4, -0.2) is 19.7 Å². The van der Waals surface area contributed by atoms with Gasteiger partial charge in [-0.1, -0.05) is 42.5 Å². The van der Waals surface area contributed by atoms with E-state index in [-0.39, 0.29) is 5.54 Å². The van der Waals surface area contributed by atoms with Crippen LogP contribution in [0.4, 0.5) is 0 Å². The molecule has 0 unspecified atom stereocenters. The maximum atomic E-state index is 5.50. The van der Waals surface area contributed by atoms with Gasteiger partial charge in [-0.2, -0.15) is 0 Å². The van der Waals surface area contributed by atoms with E-state index in [1.54, 1.807) is 7.11 Å². The van der Waals surface area contributed by atoms with Crippen LogP contribution in [0.15, 0.2) is 48.5 Å². The first-order valence-corrected chi connectivity index (χ1v) is 9.02. The number of hydrogen-bond donors (Lipinski definition) is 2. The highest BCUT2D eigenvalue weighted by Gasteiger charge is 2.45. The number of para-hydroxylation sites is 1. The Morgan fingerprint density at radius 3 is 2.92 bits per heavy atom. The van der Waals surface area contributed by atoms with Gasteiger partial charge in [0.2, 0.25) is 0 Å². The lowest BCUT2D eigenvalue weighted by molar-refractivity contribution is 0.181. The van der Waals surface area contributed by atoms with Crippen LogP contribution >= 0.6 is 0 Å². The van der Waals surface area contributed by atoms with Gasteiger partial charge in [-0.15, -0.1) is 0 Å². The molecule has 24 heavy (non-hydrogen) atoms. The van der Waals surface area contributed by atoms with E-state index in [0.717, 1.165) is 18.8 Å². The first kappa shape index (κ1) is 15.7. The SMILES string of the molecule is COc1ccccc1CN[C@@H]1CCCN[C@@]12CCc1ccccc12. The summed E-state index contributed by atoms with van der Waals surface area (Å²) in [6.07, 6.45) is 4.82. The Balaban J connectivity index is 1.58. The molecule has 2 aromatic rings. The van der Waals surface area contributed by atoms with E-state index in [0.29, 0.717) is 6.04 Å². The molecule has 1 fully saturated rings. The molecular formula is C21H26N2O. The average Bonchev–Trinajstić information content (AvgIpc) is 3.01. The van der Waals surface area contributed by atoms with Gasteiger partial charge in [0.15, 0.2) is 0 Å². The van der Waals surface area contributed by atoms with Gasteiger partial charge in [0.1, 0.15) is 5.75 Å². The quantitative estimate of drug-likeness (QED) is 0.905. The van der Waals surface area contributed by atoms with Gasteiger partial charge >= 0.3 is 0 Å². The fourth-order valence-corrected chi connectivity index (χ4v) is 4.53. The van der Waals surface area contributed by atoms with Crippen molar-refractivity contribution in [1.29, 1.82) is 0 Å². The van der Waals surface area contributed by atoms with Crippen molar-refractivity contribution in [3.63, 3.8) is 0 Å². The molecule has 2 aromatic carbocycles. The Morgan fingerprint density at radius 1 is 1.17 bits per heavy atom. The van der Waals surface area contributed by atoms with E-state index in [4.69, 9.17) is 4.74 Å². The number of ether oxygens (including phenoxy) is 1. The standard InChI is InChI=1S/C21H26N2O/c1-24-19-10-5-3-8-17(19)15-22-20-11-6-14-23-21(20)13-12-16-7-2-4-9-18(16)21/h2-5,7-10,20,22-23H,6,11-15H2,1H3/t20-,21-/m1/s1. The zero-order valence-corrected chi connectivity index (χ0v) is 14.3. The predicted octanol–water partition coefficient (Wildman–Crippen LogP) is 3.38. The second-order valence-corrected chi connectivity index (χ2v) is 6.94. The third-order valence-corrected chi connectivity index (χ3v) is 5.72. The second-order valence-electron chi connectivity index (χ2n) is 6.94. The van der Waals surface area contributed by atoms with Crippen molar-refractivity contribution in [2.45, 2.75) is 43.8 Å². The van der Waals surface area contributed by atoms with E-state index in [2.05, 4.69) is 47.0 Å². The molecule has 2 aliphatic rings. The van der Waals surface area contributed by atoms with E-state index in [1.165, 1.54) is 42.4 Å². The highest BCUT2D eigenvalue weighted by Crippen LogP contribution is 2.42. The highest BCUT2D eigenvalue weighted by molar-refractivity contribution is 5.41. The van der Waals surface area contributed by atoms with Crippen LogP contribution in [0, 0.1) is 0 Å². The predicted molar refractivity (Wildman–Crippen MR) is 97.3 cm³/mol. The molecule has 2 N–H and O–H groups in total. The van der Waals surface area contributed by atoms with Gasteiger partial charge in [-0.25, -0.2) is 0 Å². The largest absolute Gasteiger partial charge is 0.496 e. The molecule has 1 aliphatic heterocycles. The van der Waals surface area contributed by atoms with Crippen LogP contribution in [-0.2, 0) is 18.5 Å². The number of piperidine rings is 1. The fourth-order valence-electron chi connectivity index (χ4n) is 4.53. The van der Waals surface area contributed by atoms with Crippen molar-refractivity contribution >= 4 is 0 Å². The smallest absolute Gasteiger partial charge is 0.123 e. The summed E-state index contributed by atoms with van der Waals surface area (Å²) in [4.78, 5) is 0. The maximum Gasteiger partial charge on any atom is 0.123 e. The lowest BCUT2D eigenvalue weighted by Gasteiger charge is -2.44. The zero-order valence-electron chi connectivity index (χ0n) is 14.3. The number of aryl methyl sites for hydroxylation is 1. The Morgan fingerprint density at radius 2 is 2.00 bits per heavy atom. The number of methoxy groups -OCH3 is 1. The van der Waals surface area contributed by atoms with Gasteiger partial charge < -0.3 is 15.4 Å². The first-order valence-electron chi connectivity index (χ1n) is 9.02.